The van der Waals surface area contributed by atoms with Crippen LogP contribution in [0.2, 0.25) is 0 Å². The number of rotatable bonds is 6. The average Bonchev–Trinajstić information content (AvgIpc) is 3.06. The fraction of sp³-hybridized carbons (Fsp3) is 0.450. The van der Waals surface area contributed by atoms with Gasteiger partial charge in [-0.2, -0.15) is 5.26 Å². The number of thiazole rings is 1. The van der Waals surface area contributed by atoms with Crippen LogP contribution in [0, 0.1) is 24.2 Å². The van der Waals surface area contributed by atoms with Crippen molar-refractivity contribution in [2.75, 3.05) is 17.7 Å². The summed E-state index contributed by atoms with van der Waals surface area (Å²) >= 11 is 1.30. The molecule has 2 unspecified atom stereocenters. The number of nitriles is 1. The van der Waals surface area contributed by atoms with Crippen molar-refractivity contribution in [3.05, 3.63) is 40.4 Å². The summed E-state index contributed by atoms with van der Waals surface area (Å²) in [7, 11) is -3.69. The first kappa shape index (κ1) is 22.2. The van der Waals surface area contributed by atoms with Crippen molar-refractivity contribution in [2.24, 2.45) is 5.92 Å². The molecule has 2 atom stereocenters. The van der Waals surface area contributed by atoms with E-state index in [1.807, 2.05) is 21.8 Å². The topological polar surface area (TPSA) is 123 Å². The van der Waals surface area contributed by atoms with Gasteiger partial charge in [0.25, 0.3) is 5.91 Å². The van der Waals surface area contributed by atoms with Gasteiger partial charge in [0, 0.05) is 17.1 Å². The monoisotopic (exact) mass is 448 g/mol. The van der Waals surface area contributed by atoms with Gasteiger partial charge >= 0.3 is 0 Å². The Labute approximate surface area is 180 Å². The molecule has 2 N–H and O–H groups in total. The summed E-state index contributed by atoms with van der Waals surface area (Å²) in [6.07, 6.45) is 4.03. The zero-order valence-electron chi connectivity index (χ0n) is 16.8. The molecule has 2 aromatic rings. The summed E-state index contributed by atoms with van der Waals surface area (Å²) in [5.74, 6) is -0.507. The van der Waals surface area contributed by atoms with Crippen LogP contribution in [0.1, 0.15) is 46.6 Å². The van der Waals surface area contributed by atoms with E-state index >= 15 is 0 Å². The van der Waals surface area contributed by atoms with Gasteiger partial charge in [0.15, 0.2) is 5.13 Å². The van der Waals surface area contributed by atoms with Gasteiger partial charge in [-0.05, 0) is 56.4 Å². The van der Waals surface area contributed by atoms with E-state index in [-0.39, 0.29) is 17.7 Å². The van der Waals surface area contributed by atoms with Crippen molar-refractivity contribution >= 4 is 38.1 Å². The number of hydrogen-bond donors (Lipinski definition) is 2. The molecule has 160 valence electrons. The van der Waals surface area contributed by atoms with Gasteiger partial charge in [-0.15, -0.1) is 11.3 Å². The molecule has 1 saturated carbocycles. The second kappa shape index (κ2) is 9.12. The minimum Gasteiger partial charge on any atom is -0.393 e. The zero-order valence-corrected chi connectivity index (χ0v) is 18.5. The molecule has 30 heavy (non-hydrogen) atoms. The van der Waals surface area contributed by atoms with Crippen molar-refractivity contribution < 1.29 is 18.3 Å². The Hall–Kier alpha value is -2.48. The minimum absolute atomic E-state index is 0.0720. The molecule has 1 amide bonds. The van der Waals surface area contributed by atoms with Gasteiger partial charge in [-0.1, -0.05) is 6.42 Å². The van der Waals surface area contributed by atoms with E-state index < -0.39 is 15.9 Å². The Morgan fingerprint density at radius 1 is 1.37 bits per heavy atom. The van der Waals surface area contributed by atoms with E-state index in [9.17, 15) is 18.3 Å². The van der Waals surface area contributed by atoms with Crippen molar-refractivity contribution in [2.45, 2.75) is 38.7 Å². The van der Waals surface area contributed by atoms with Crippen LogP contribution < -0.4 is 9.62 Å². The summed E-state index contributed by atoms with van der Waals surface area (Å²) in [6.45, 7) is 2.32. The van der Waals surface area contributed by atoms with Crippen LogP contribution in [0.15, 0.2) is 24.3 Å². The molecule has 0 spiro atoms. The maximum Gasteiger partial charge on any atom is 0.284 e. The van der Waals surface area contributed by atoms with E-state index in [2.05, 4.69) is 11.1 Å². The van der Waals surface area contributed by atoms with E-state index in [1.54, 1.807) is 19.1 Å². The third-order valence-electron chi connectivity index (χ3n) is 5.01. The number of carbonyl (C=O) groups is 1. The highest BCUT2D eigenvalue weighted by atomic mass is 32.2. The number of benzene rings is 1. The molecule has 1 aliphatic rings. The number of aromatic nitrogens is 1. The highest BCUT2D eigenvalue weighted by molar-refractivity contribution is 7.89. The Kier molecular flexibility index (Phi) is 6.75. The zero-order chi connectivity index (χ0) is 21.9. The van der Waals surface area contributed by atoms with Crippen LogP contribution in [0.5, 0.6) is 0 Å². The van der Waals surface area contributed by atoms with Crippen LogP contribution in [0.3, 0.4) is 0 Å². The van der Waals surface area contributed by atoms with E-state index in [0.29, 0.717) is 28.5 Å². The van der Waals surface area contributed by atoms with Crippen molar-refractivity contribution in [1.82, 2.24) is 9.71 Å². The SMILES string of the molecule is Cc1sc(N(CC2CCCC(O)C2)c2ccc(C#N)cc2)nc1C(=O)NS(C)(=O)=O. The number of aliphatic hydroxyl groups excluding tert-OH is 1. The Morgan fingerprint density at radius 3 is 2.67 bits per heavy atom. The van der Waals surface area contributed by atoms with Crippen molar-refractivity contribution in [1.29, 1.82) is 5.26 Å². The smallest absolute Gasteiger partial charge is 0.284 e. The van der Waals surface area contributed by atoms with Crippen LogP contribution >= 0.6 is 11.3 Å². The minimum atomic E-state index is -3.69. The second-order valence-corrected chi connectivity index (χ2v) is 10.5. The number of aliphatic hydroxyl groups is 1. The van der Waals surface area contributed by atoms with Gasteiger partial charge in [-0.25, -0.2) is 18.1 Å². The number of hydrogen-bond acceptors (Lipinski definition) is 8. The van der Waals surface area contributed by atoms with Crippen LogP contribution in [0.25, 0.3) is 0 Å². The van der Waals surface area contributed by atoms with Crippen LogP contribution in [-0.4, -0.2) is 43.3 Å². The van der Waals surface area contributed by atoms with Gasteiger partial charge in [0.2, 0.25) is 10.0 Å². The molecule has 3 rings (SSSR count). The molecule has 0 bridgehead atoms. The number of nitrogens with zero attached hydrogens (tertiary/aromatic N) is 3. The summed E-state index contributed by atoms with van der Waals surface area (Å²) in [5, 5.41) is 19.7. The van der Waals surface area contributed by atoms with Crippen molar-refractivity contribution in [3.8, 4) is 6.07 Å². The number of carbonyl (C=O) groups excluding carboxylic acids is 1. The summed E-state index contributed by atoms with van der Waals surface area (Å²) < 4.78 is 24.8. The fourth-order valence-electron chi connectivity index (χ4n) is 3.62. The molecule has 1 aromatic carbocycles. The first-order chi connectivity index (χ1) is 14.2. The number of anilines is 2. The third kappa shape index (κ3) is 5.56. The van der Waals surface area contributed by atoms with Gasteiger partial charge in [-0.3, -0.25) is 4.79 Å². The fourth-order valence-corrected chi connectivity index (χ4v) is 4.99. The van der Waals surface area contributed by atoms with Gasteiger partial charge < -0.3 is 10.0 Å². The van der Waals surface area contributed by atoms with E-state index in [4.69, 9.17) is 5.26 Å². The maximum absolute atomic E-state index is 12.3. The Bertz CT molecular complexity index is 1060. The number of sulfonamides is 1. The van der Waals surface area contributed by atoms with Crippen LogP contribution in [0.4, 0.5) is 10.8 Å². The molecule has 1 aromatic heterocycles. The molecule has 1 heterocycles. The molecule has 1 fully saturated rings. The first-order valence-electron chi connectivity index (χ1n) is 9.61. The Morgan fingerprint density at radius 2 is 2.07 bits per heavy atom. The molecular weight excluding hydrogens is 424 g/mol. The highest BCUT2D eigenvalue weighted by Gasteiger charge is 2.26. The lowest BCUT2D eigenvalue weighted by Crippen LogP contribution is -2.31. The lowest BCUT2D eigenvalue weighted by atomic mass is 9.87. The molecule has 0 aliphatic heterocycles. The van der Waals surface area contributed by atoms with Crippen molar-refractivity contribution in [3.63, 3.8) is 0 Å². The predicted molar refractivity (Wildman–Crippen MR) is 115 cm³/mol. The Balaban J connectivity index is 1.94. The molecule has 0 saturated heterocycles. The predicted octanol–water partition coefficient (Wildman–Crippen LogP) is 2.70. The molecular formula is C20H24N4O4S2. The normalized spacial score (nSPS) is 19.1. The average molecular weight is 449 g/mol. The second-order valence-electron chi connectivity index (χ2n) is 7.56. The summed E-state index contributed by atoms with van der Waals surface area (Å²) in [6, 6.07) is 9.18. The van der Waals surface area contributed by atoms with E-state index in [1.165, 1.54) is 11.3 Å². The molecule has 1 aliphatic carbocycles. The van der Waals surface area contributed by atoms with Crippen LogP contribution in [-0.2, 0) is 10.0 Å². The molecule has 10 heteroatoms. The number of nitrogens with one attached hydrogen (secondary N) is 1. The summed E-state index contributed by atoms with van der Waals surface area (Å²) in [4.78, 5) is 19.4. The lowest BCUT2D eigenvalue weighted by molar-refractivity contribution is 0.0977. The first-order valence-corrected chi connectivity index (χ1v) is 12.3. The third-order valence-corrected chi connectivity index (χ3v) is 6.56. The molecule has 8 nitrogen and oxygen atoms in total. The van der Waals surface area contributed by atoms with Gasteiger partial charge in [0.1, 0.15) is 5.69 Å². The molecule has 0 radical (unpaired) electrons. The maximum atomic E-state index is 12.3. The largest absolute Gasteiger partial charge is 0.393 e. The van der Waals surface area contributed by atoms with Gasteiger partial charge in [0.05, 0.1) is 24.0 Å². The lowest BCUT2D eigenvalue weighted by Gasteiger charge is -2.31. The quantitative estimate of drug-likeness (QED) is 0.696. The summed E-state index contributed by atoms with van der Waals surface area (Å²) in [5.41, 5.74) is 1.43. The standard InChI is InChI=1S/C20H24N4O4S2/c1-13-18(19(26)23-30(2,27)28)22-20(29-13)24(12-15-4-3-5-17(25)10-15)16-8-6-14(11-21)7-9-16/h6-9,15,17,25H,3-5,10,12H2,1-2H3,(H,23,26). The van der Waals surface area contributed by atoms with E-state index in [0.717, 1.165) is 31.2 Å². The number of amides is 1. The number of aryl methyl sites for hydroxylation is 1. The highest BCUT2D eigenvalue weighted by Crippen LogP contribution is 2.35.